The molecule has 2 atom stereocenters. The molecule has 0 amide bonds. The Labute approximate surface area is 130 Å². The highest BCUT2D eigenvalue weighted by molar-refractivity contribution is 5.43. The number of nitrogens with one attached hydrogen (secondary N) is 1. The van der Waals surface area contributed by atoms with Crippen molar-refractivity contribution in [3.8, 4) is 0 Å². The molecule has 1 fully saturated rings. The molecular formula is C14H15F3N4O2. The maximum absolute atomic E-state index is 12.6. The standard InChI is InChI=1S/C14H15F3N4O2/c1-8-20-13(23-21-8)11-3-2-10(22-11)7-19-9-4-5-18-12(6-9)14(15,16)17/h4-6,10-11H,2-3,7H2,1H3,(H,18,19)/t10-,11+/m1/s1. The molecule has 23 heavy (non-hydrogen) atoms. The predicted molar refractivity (Wildman–Crippen MR) is 73.6 cm³/mol. The normalized spacial score (nSPS) is 21.6. The second kappa shape index (κ2) is 6.15. The first-order valence-electron chi connectivity index (χ1n) is 7.14. The summed E-state index contributed by atoms with van der Waals surface area (Å²) in [5.41, 5.74) is -0.568. The van der Waals surface area contributed by atoms with Gasteiger partial charge in [-0.25, -0.2) is 0 Å². The van der Waals surface area contributed by atoms with Gasteiger partial charge < -0.3 is 14.6 Å². The zero-order chi connectivity index (χ0) is 16.4. The molecule has 1 saturated heterocycles. The largest absolute Gasteiger partial charge is 0.433 e. The van der Waals surface area contributed by atoms with Crippen LogP contribution in [-0.2, 0) is 10.9 Å². The van der Waals surface area contributed by atoms with Crippen LogP contribution >= 0.6 is 0 Å². The van der Waals surface area contributed by atoms with Crippen LogP contribution in [0.2, 0.25) is 0 Å². The van der Waals surface area contributed by atoms with E-state index in [0.29, 0.717) is 23.9 Å². The lowest BCUT2D eigenvalue weighted by atomic mass is 10.2. The van der Waals surface area contributed by atoms with Gasteiger partial charge in [0.15, 0.2) is 5.82 Å². The Morgan fingerprint density at radius 2 is 2.17 bits per heavy atom. The van der Waals surface area contributed by atoms with Gasteiger partial charge in [0.2, 0.25) is 0 Å². The van der Waals surface area contributed by atoms with Crippen LogP contribution in [0, 0.1) is 6.92 Å². The van der Waals surface area contributed by atoms with Crippen LogP contribution in [0.1, 0.15) is 36.4 Å². The minimum absolute atomic E-state index is 0.130. The summed E-state index contributed by atoms with van der Waals surface area (Å²) in [4.78, 5) is 7.45. The second-order valence-electron chi connectivity index (χ2n) is 5.31. The molecule has 1 aliphatic rings. The summed E-state index contributed by atoms with van der Waals surface area (Å²) in [5.74, 6) is 0.981. The van der Waals surface area contributed by atoms with Crippen molar-refractivity contribution >= 4 is 5.69 Å². The van der Waals surface area contributed by atoms with Crippen molar-refractivity contribution < 1.29 is 22.4 Å². The molecule has 0 spiro atoms. The fourth-order valence-corrected chi connectivity index (χ4v) is 2.41. The van der Waals surface area contributed by atoms with E-state index in [2.05, 4.69) is 20.4 Å². The molecule has 2 aromatic rings. The zero-order valence-electron chi connectivity index (χ0n) is 12.3. The molecule has 0 unspecified atom stereocenters. The molecule has 3 rings (SSSR count). The first kappa shape index (κ1) is 15.7. The first-order chi connectivity index (χ1) is 10.9. The summed E-state index contributed by atoms with van der Waals surface area (Å²) in [5, 5.41) is 6.66. The highest BCUT2D eigenvalue weighted by Crippen LogP contribution is 2.32. The number of rotatable bonds is 4. The molecule has 0 radical (unpaired) electrons. The second-order valence-corrected chi connectivity index (χ2v) is 5.31. The monoisotopic (exact) mass is 328 g/mol. The average molecular weight is 328 g/mol. The van der Waals surface area contributed by atoms with Crippen LogP contribution in [0.15, 0.2) is 22.9 Å². The van der Waals surface area contributed by atoms with E-state index in [1.165, 1.54) is 6.07 Å². The van der Waals surface area contributed by atoms with E-state index in [1.807, 2.05) is 0 Å². The molecule has 6 nitrogen and oxygen atoms in total. The van der Waals surface area contributed by atoms with Gasteiger partial charge >= 0.3 is 6.18 Å². The molecule has 3 heterocycles. The Hall–Kier alpha value is -2.16. The van der Waals surface area contributed by atoms with Crippen LogP contribution in [0.5, 0.6) is 0 Å². The number of anilines is 1. The molecule has 1 aliphatic heterocycles. The minimum Gasteiger partial charge on any atom is -0.382 e. The molecule has 0 aromatic carbocycles. The highest BCUT2D eigenvalue weighted by Gasteiger charge is 2.33. The molecule has 0 aliphatic carbocycles. The van der Waals surface area contributed by atoms with Gasteiger partial charge in [0.1, 0.15) is 11.8 Å². The van der Waals surface area contributed by atoms with Gasteiger partial charge in [0, 0.05) is 18.4 Å². The number of aryl methyl sites for hydroxylation is 1. The summed E-state index contributed by atoms with van der Waals surface area (Å²) in [6.45, 7) is 2.12. The Morgan fingerprint density at radius 3 is 2.87 bits per heavy atom. The minimum atomic E-state index is -4.46. The summed E-state index contributed by atoms with van der Waals surface area (Å²) < 4.78 is 48.7. The van der Waals surface area contributed by atoms with E-state index in [0.717, 1.165) is 25.1 Å². The zero-order valence-corrected chi connectivity index (χ0v) is 12.3. The number of pyridine rings is 1. The van der Waals surface area contributed by atoms with E-state index in [4.69, 9.17) is 9.26 Å². The van der Waals surface area contributed by atoms with E-state index in [1.54, 1.807) is 6.92 Å². The third-order valence-electron chi connectivity index (χ3n) is 3.51. The van der Waals surface area contributed by atoms with Gasteiger partial charge in [-0.1, -0.05) is 5.16 Å². The van der Waals surface area contributed by atoms with E-state index in [-0.39, 0.29) is 12.2 Å². The van der Waals surface area contributed by atoms with Gasteiger partial charge in [-0.15, -0.1) is 0 Å². The van der Waals surface area contributed by atoms with Crippen LogP contribution in [0.3, 0.4) is 0 Å². The average Bonchev–Trinajstić information content (AvgIpc) is 3.13. The Balaban J connectivity index is 1.55. The molecular weight excluding hydrogens is 313 g/mol. The third-order valence-corrected chi connectivity index (χ3v) is 3.51. The van der Waals surface area contributed by atoms with Crippen molar-refractivity contribution in [3.05, 3.63) is 35.7 Å². The van der Waals surface area contributed by atoms with Gasteiger partial charge in [-0.2, -0.15) is 18.2 Å². The lowest BCUT2D eigenvalue weighted by Gasteiger charge is -2.14. The number of aromatic nitrogens is 3. The smallest absolute Gasteiger partial charge is 0.382 e. The molecule has 1 N–H and O–H groups in total. The first-order valence-corrected chi connectivity index (χ1v) is 7.14. The van der Waals surface area contributed by atoms with Crippen LogP contribution < -0.4 is 5.32 Å². The summed E-state index contributed by atoms with van der Waals surface area (Å²) in [6, 6.07) is 2.47. The topological polar surface area (TPSA) is 73.1 Å². The number of hydrogen-bond donors (Lipinski definition) is 1. The van der Waals surface area contributed by atoms with Gasteiger partial charge in [-0.05, 0) is 31.9 Å². The van der Waals surface area contributed by atoms with Crippen molar-refractivity contribution in [2.45, 2.75) is 38.1 Å². The predicted octanol–water partition coefficient (Wildman–Crippen LogP) is 3.12. The van der Waals surface area contributed by atoms with Crippen molar-refractivity contribution in [2.75, 3.05) is 11.9 Å². The van der Waals surface area contributed by atoms with Crippen LogP contribution in [0.4, 0.5) is 18.9 Å². The molecule has 124 valence electrons. The number of ether oxygens (including phenoxy) is 1. The van der Waals surface area contributed by atoms with Gasteiger partial charge in [0.05, 0.1) is 6.10 Å². The van der Waals surface area contributed by atoms with Crippen molar-refractivity contribution in [1.82, 2.24) is 15.1 Å². The fraction of sp³-hybridized carbons (Fsp3) is 0.500. The molecule has 0 saturated carbocycles. The number of hydrogen-bond acceptors (Lipinski definition) is 6. The quantitative estimate of drug-likeness (QED) is 0.929. The summed E-state index contributed by atoms with van der Waals surface area (Å²) in [6.07, 6.45) is -2.22. The summed E-state index contributed by atoms with van der Waals surface area (Å²) in [7, 11) is 0. The van der Waals surface area contributed by atoms with Crippen LogP contribution in [-0.4, -0.2) is 27.8 Å². The number of halogens is 3. The molecule has 9 heteroatoms. The maximum atomic E-state index is 12.6. The molecule has 0 bridgehead atoms. The Morgan fingerprint density at radius 1 is 1.35 bits per heavy atom. The van der Waals surface area contributed by atoms with Gasteiger partial charge in [-0.3, -0.25) is 4.98 Å². The highest BCUT2D eigenvalue weighted by atomic mass is 19.4. The maximum Gasteiger partial charge on any atom is 0.433 e. The number of nitrogens with zero attached hydrogens (tertiary/aromatic N) is 3. The van der Waals surface area contributed by atoms with E-state index in [9.17, 15) is 13.2 Å². The van der Waals surface area contributed by atoms with Crippen molar-refractivity contribution in [1.29, 1.82) is 0 Å². The number of alkyl halides is 3. The lowest BCUT2D eigenvalue weighted by Crippen LogP contribution is -2.19. The van der Waals surface area contributed by atoms with Gasteiger partial charge in [0.25, 0.3) is 5.89 Å². The van der Waals surface area contributed by atoms with E-state index >= 15 is 0 Å². The van der Waals surface area contributed by atoms with Crippen molar-refractivity contribution in [3.63, 3.8) is 0 Å². The Kier molecular flexibility index (Phi) is 4.20. The molecule has 2 aromatic heterocycles. The van der Waals surface area contributed by atoms with Crippen molar-refractivity contribution in [2.24, 2.45) is 0 Å². The fourth-order valence-electron chi connectivity index (χ4n) is 2.41. The Bertz CT molecular complexity index is 674. The SMILES string of the molecule is Cc1noc([C@@H]2CC[C@H](CNc3ccnc(C(F)(F)F)c3)O2)n1. The lowest BCUT2D eigenvalue weighted by molar-refractivity contribution is -0.141. The summed E-state index contributed by atoms with van der Waals surface area (Å²) >= 11 is 0. The van der Waals surface area contributed by atoms with Crippen LogP contribution in [0.25, 0.3) is 0 Å². The van der Waals surface area contributed by atoms with E-state index < -0.39 is 11.9 Å². The third kappa shape index (κ3) is 3.79.